The monoisotopic (exact) mass is 316 g/mol. The Labute approximate surface area is 126 Å². The molecule has 0 saturated carbocycles. The number of nitrogens with one attached hydrogen (secondary N) is 2. The van der Waals surface area contributed by atoms with Crippen LogP contribution in [0.25, 0.3) is 0 Å². The molecule has 0 unspecified atom stereocenters. The van der Waals surface area contributed by atoms with E-state index in [4.69, 9.17) is 10.8 Å². The van der Waals surface area contributed by atoms with Crippen molar-refractivity contribution < 1.29 is 29.4 Å². The van der Waals surface area contributed by atoms with Crippen molar-refractivity contribution in [2.45, 2.75) is 31.5 Å². The highest BCUT2D eigenvalue weighted by atomic mass is 16.4. The van der Waals surface area contributed by atoms with Crippen LogP contribution in [-0.4, -0.2) is 76.6 Å². The van der Waals surface area contributed by atoms with E-state index in [-0.39, 0.29) is 26.1 Å². The van der Waals surface area contributed by atoms with E-state index < -0.39 is 41.9 Å². The Morgan fingerprint density at radius 3 is 2.55 bits per heavy atom. The van der Waals surface area contributed by atoms with Crippen LogP contribution in [-0.2, 0) is 19.2 Å². The number of aliphatic hydroxyl groups excluding tert-OH is 1. The van der Waals surface area contributed by atoms with Gasteiger partial charge in [0.05, 0.1) is 19.2 Å². The molecule has 10 heteroatoms. The lowest BCUT2D eigenvalue weighted by molar-refractivity contribution is -0.143. The number of carbonyl (C=O) groups is 4. The van der Waals surface area contributed by atoms with Crippen LogP contribution in [0, 0.1) is 0 Å². The molecule has 1 saturated heterocycles. The molecular formula is C12H20N4O6. The molecule has 0 aromatic heterocycles. The minimum Gasteiger partial charge on any atom is -0.480 e. The van der Waals surface area contributed by atoms with Gasteiger partial charge in [-0.15, -0.1) is 0 Å². The molecule has 22 heavy (non-hydrogen) atoms. The zero-order chi connectivity index (χ0) is 16.9. The van der Waals surface area contributed by atoms with Gasteiger partial charge in [0.2, 0.25) is 17.7 Å². The van der Waals surface area contributed by atoms with E-state index in [0.717, 1.165) is 4.90 Å². The Kier molecular flexibility index (Phi) is 6.25. The smallest absolute Gasteiger partial charge is 0.325 e. The number of aliphatic carboxylic acids is 1. The Hall–Kier alpha value is -2.20. The van der Waals surface area contributed by atoms with E-state index in [9.17, 15) is 24.3 Å². The fourth-order valence-corrected chi connectivity index (χ4v) is 2.06. The van der Waals surface area contributed by atoms with Crippen LogP contribution in [0.3, 0.4) is 0 Å². The van der Waals surface area contributed by atoms with E-state index >= 15 is 0 Å². The van der Waals surface area contributed by atoms with Gasteiger partial charge in [-0.3, -0.25) is 19.2 Å². The quantitative estimate of drug-likeness (QED) is 0.341. The maximum atomic E-state index is 12.0. The maximum Gasteiger partial charge on any atom is 0.325 e. The first-order valence-corrected chi connectivity index (χ1v) is 6.73. The van der Waals surface area contributed by atoms with Gasteiger partial charge in [-0.1, -0.05) is 0 Å². The van der Waals surface area contributed by atoms with E-state index in [1.54, 1.807) is 0 Å². The largest absolute Gasteiger partial charge is 0.480 e. The molecule has 0 aromatic rings. The minimum absolute atomic E-state index is 0.00868. The predicted molar refractivity (Wildman–Crippen MR) is 73.4 cm³/mol. The summed E-state index contributed by atoms with van der Waals surface area (Å²) in [5.74, 6) is -2.94. The predicted octanol–water partition coefficient (Wildman–Crippen LogP) is -3.39. The maximum absolute atomic E-state index is 12.0. The SMILES string of the molecule is C[C@H](NC(=O)[C@@H]1C[C@H](O)CN1C(=O)CNC(=O)CN)C(=O)O. The molecule has 0 bridgehead atoms. The van der Waals surface area contributed by atoms with Crippen molar-refractivity contribution in [2.24, 2.45) is 5.73 Å². The summed E-state index contributed by atoms with van der Waals surface area (Å²) in [5, 5.41) is 22.9. The lowest BCUT2D eigenvalue weighted by Crippen LogP contribution is -2.52. The van der Waals surface area contributed by atoms with Crippen LogP contribution in [0.1, 0.15) is 13.3 Å². The minimum atomic E-state index is -1.21. The number of carboxylic acid groups (broad SMARTS) is 1. The normalized spacial score (nSPS) is 22.0. The number of β-amino-alcohol motifs (C(OH)–C–C–N with tert-alkyl or cyclic N) is 1. The van der Waals surface area contributed by atoms with Gasteiger partial charge in [-0.2, -0.15) is 0 Å². The Morgan fingerprint density at radius 1 is 1.36 bits per heavy atom. The summed E-state index contributed by atoms with van der Waals surface area (Å²) in [4.78, 5) is 46.9. The summed E-state index contributed by atoms with van der Waals surface area (Å²) in [7, 11) is 0. The third-order valence-corrected chi connectivity index (χ3v) is 3.25. The number of hydrogen-bond donors (Lipinski definition) is 5. The lowest BCUT2D eigenvalue weighted by atomic mass is 10.1. The van der Waals surface area contributed by atoms with Crippen molar-refractivity contribution in [1.82, 2.24) is 15.5 Å². The van der Waals surface area contributed by atoms with Crippen molar-refractivity contribution in [2.75, 3.05) is 19.6 Å². The summed E-state index contributed by atoms with van der Waals surface area (Å²) < 4.78 is 0. The number of amides is 3. The lowest BCUT2D eigenvalue weighted by Gasteiger charge is -2.24. The number of likely N-dealkylation sites (tertiary alicyclic amines) is 1. The van der Waals surface area contributed by atoms with Crippen LogP contribution >= 0.6 is 0 Å². The summed E-state index contributed by atoms with van der Waals surface area (Å²) in [6.07, 6.45) is -0.876. The van der Waals surface area contributed by atoms with Gasteiger partial charge in [0.1, 0.15) is 12.1 Å². The second kappa shape index (κ2) is 7.71. The van der Waals surface area contributed by atoms with Crippen molar-refractivity contribution in [3.8, 4) is 0 Å². The summed E-state index contributed by atoms with van der Waals surface area (Å²) in [5.41, 5.74) is 5.10. The van der Waals surface area contributed by atoms with E-state index in [2.05, 4.69) is 10.6 Å². The molecule has 6 N–H and O–H groups in total. The molecule has 1 rings (SSSR count). The molecule has 3 amide bonds. The molecule has 1 aliphatic rings. The summed E-state index contributed by atoms with van der Waals surface area (Å²) >= 11 is 0. The fourth-order valence-electron chi connectivity index (χ4n) is 2.06. The van der Waals surface area contributed by atoms with Crippen molar-refractivity contribution >= 4 is 23.7 Å². The number of nitrogens with zero attached hydrogens (tertiary/aromatic N) is 1. The third-order valence-electron chi connectivity index (χ3n) is 3.25. The average molecular weight is 316 g/mol. The van der Waals surface area contributed by atoms with Crippen molar-refractivity contribution in [3.05, 3.63) is 0 Å². The van der Waals surface area contributed by atoms with E-state index in [1.807, 2.05) is 0 Å². The van der Waals surface area contributed by atoms with Crippen LogP contribution < -0.4 is 16.4 Å². The van der Waals surface area contributed by atoms with Gasteiger partial charge >= 0.3 is 5.97 Å². The van der Waals surface area contributed by atoms with Gasteiger partial charge < -0.3 is 31.5 Å². The Balaban J connectivity index is 2.67. The fraction of sp³-hybridized carbons (Fsp3) is 0.667. The number of aliphatic hydroxyl groups is 1. The highest BCUT2D eigenvalue weighted by Gasteiger charge is 2.39. The van der Waals surface area contributed by atoms with Crippen LogP contribution in [0.5, 0.6) is 0 Å². The zero-order valence-electron chi connectivity index (χ0n) is 12.1. The molecule has 1 fully saturated rings. The van der Waals surface area contributed by atoms with Crippen molar-refractivity contribution in [3.63, 3.8) is 0 Å². The van der Waals surface area contributed by atoms with Gasteiger partial charge in [-0.25, -0.2) is 0 Å². The van der Waals surface area contributed by atoms with Crippen LogP contribution in [0.2, 0.25) is 0 Å². The molecular weight excluding hydrogens is 296 g/mol. The first-order valence-electron chi connectivity index (χ1n) is 6.73. The number of nitrogens with two attached hydrogens (primary N) is 1. The summed E-state index contributed by atoms with van der Waals surface area (Å²) in [6, 6.07) is -2.08. The number of carboxylic acids is 1. The van der Waals surface area contributed by atoms with Gasteiger partial charge in [0.15, 0.2) is 0 Å². The topological polar surface area (TPSA) is 162 Å². The van der Waals surface area contributed by atoms with E-state index in [1.165, 1.54) is 6.92 Å². The van der Waals surface area contributed by atoms with Crippen LogP contribution in [0.4, 0.5) is 0 Å². The first kappa shape index (κ1) is 17.9. The molecule has 1 aliphatic heterocycles. The number of carbonyl (C=O) groups excluding carboxylic acids is 3. The van der Waals surface area contributed by atoms with Crippen molar-refractivity contribution in [1.29, 1.82) is 0 Å². The Morgan fingerprint density at radius 2 is 2.00 bits per heavy atom. The molecule has 0 aromatic carbocycles. The Bertz CT molecular complexity index is 469. The molecule has 0 spiro atoms. The van der Waals surface area contributed by atoms with Crippen LogP contribution in [0.15, 0.2) is 0 Å². The molecule has 0 aliphatic carbocycles. The van der Waals surface area contributed by atoms with E-state index in [0.29, 0.717) is 0 Å². The van der Waals surface area contributed by atoms with Gasteiger partial charge in [-0.05, 0) is 6.92 Å². The standard InChI is InChI=1S/C12H20N4O6/c1-6(12(21)22)15-11(20)8-2-7(17)5-16(8)10(19)4-14-9(18)3-13/h6-8,17H,2-5,13H2,1H3,(H,14,18)(H,15,20)(H,21,22)/t6-,7-,8-/m0/s1. The highest BCUT2D eigenvalue weighted by Crippen LogP contribution is 2.18. The number of rotatable bonds is 6. The second-order valence-corrected chi connectivity index (χ2v) is 5.00. The van der Waals surface area contributed by atoms with Gasteiger partial charge in [0.25, 0.3) is 0 Å². The average Bonchev–Trinajstić information content (AvgIpc) is 2.86. The molecule has 3 atom stereocenters. The molecule has 1 heterocycles. The first-order chi connectivity index (χ1) is 10.3. The third kappa shape index (κ3) is 4.67. The molecule has 10 nitrogen and oxygen atoms in total. The number of hydrogen-bond acceptors (Lipinski definition) is 6. The van der Waals surface area contributed by atoms with Gasteiger partial charge in [0, 0.05) is 13.0 Å². The second-order valence-electron chi connectivity index (χ2n) is 5.00. The zero-order valence-corrected chi connectivity index (χ0v) is 12.1. The molecule has 124 valence electrons. The summed E-state index contributed by atoms with van der Waals surface area (Å²) in [6.45, 7) is 0.618. The molecule has 0 radical (unpaired) electrons. The highest BCUT2D eigenvalue weighted by molar-refractivity contribution is 5.92.